The Hall–Kier alpha value is -4.66. The number of pyridine rings is 1. The molecule has 0 amide bonds. The first-order valence-electron chi connectivity index (χ1n) is 14.0. The molecule has 0 spiro atoms. The predicted octanol–water partition coefficient (Wildman–Crippen LogP) is 4.52. The number of anilines is 1. The number of benzene rings is 2. The van der Waals surface area contributed by atoms with Crippen LogP contribution in [0, 0.1) is 5.92 Å². The largest absolute Gasteiger partial charge is 0.542 e. The van der Waals surface area contributed by atoms with E-state index in [0.717, 1.165) is 60.4 Å². The molecule has 248 valence electrons. The number of nitrogens with one attached hydrogen (secondary N) is 1. The molecule has 3 saturated heterocycles. The van der Waals surface area contributed by atoms with Crippen LogP contribution < -0.4 is 10.4 Å². The predicted molar refractivity (Wildman–Crippen MR) is 149 cm³/mol. The molecule has 3 aromatic rings. The van der Waals surface area contributed by atoms with Crippen molar-refractivity contribution in [2.75, 3.05) is 25.0 Å². The molecule has 3 aliphatic rings. The highest BCUT2D eigenvalue weighted by Gasteiger charge is 2.48. The molecule has 6 rings (SSSR count). The van der Waals surface area contributed by atoms with Crippen LogP contribution in [0.3, 0.4) is 0 Å². The summed E-state index contributed by atoms with van der Waals surface area (Å²) in [4.78, 5) is 35.7. The third-order valence-electron chi connectivity index (χ3n) is 7.46. The molecule has 0 saturated carbocycles. The number of aliphatic carboxylic acids is 2. The number of nitrogens with zero attached hydrogens (tertiary/aromatic N) is 2. The number of para-hydroxylation sites is 1. The van der Waals surface area contributed by atoms with E-state index in [1.54, 1.807) is 0 Å². The normalized spacial score (nSPS) is 20.9. The molecule has 0 unspecified atom stereocenters. The van der Waals surface area contributed by atoms with Gasteiger partial charge in [0.05, 0.1) is 18.8 Å². The molecule has 9 nitrogen and oxygen atoms in total. The molecule has 4 heterocycles. The number of quaternary nitrogens is 1. The highest BCUT2D eigenvalue weighted by molar-refractivity contribution is 5.81. The van der Waals surface area contributed by atoms with E-state index in [-0.39, 0.29) is 12.1 Å². The first-order chi connectivity index (χ1) is 21.6. The number of piperidine rings is 3. The fraction of sp³-hybridized carbons (Fsp3) is 0.355. The molecule has 0 radical (unpaired) electrons. The van der Waals surface area contributed by atoms with Crippen molar-refractivity contribution in [1.82, 2.24) is 4.98 Å². The summed E-state index contributed by atoms with van der Waals surface area (Å²) in [6.07, 6.45) is -6.25. The molecule has 2 aromatic carbocycles. The van der Waals surface area contributed by atoms with Crippen molar-refractivity contribution in [3.63, 3.8) is 0 Å². The van der Waals surface area contributed by atoms with Crippen LogP contribution in [0.25, 0.3) is 0 Å². The number of carbonyl (C=O) groups is 3. The number of rotatable bonds is 7. The summed E-state index contributed by atoms with van der Waals surface area (Å²) in [5, 5.41) is 19.3. The summed E-state index contributed by atoms with van der Waals surface area (Å²) in [6, 6.07) is 25.3. The number of fused-ring (bicyclic) bond motifs is 3. The van der Waals surface area contributed by atoms with Gasteiger partial charge in [-0.05, 0) is 29.8 Å². The third-order valence-corrected chi connectivity index (χ3v) is 7.46. The van der Waals surface area contributed by atoms with Crippen LogP contribution in [0.1, 0.15) is 30.1 Å². The Morgan fingerprint density at radius 1 is 0.891 bits per heavy atom. The minimum Gasteiger partial charge on any atom is -0.542 e. The van der Waals surface area contributed by atoms with Gasteiger partial charge in [0.15, 0.2) is 12.1 Å². The second kappa shape index (κ2) is 15.6. The van der Waals surface area contributed by atoms with Crippen molar-refractivity contribution < 1.29 is 60.2 Å². The number of carbonyl (C=O) groups excluding carboxylic acids is 2. The maximum Gasteiger partial charge on any atom is 0.490 e. The van der Waals surface area contributed by atoms with E-state index in [1.807, 2.05) is 72.9 Å². The highest BCUT2D eigenvalue weighted by atomic mass is 19.4. The maximum absolute atomic E-state index is 13.5. The van der Waals surface area contributed by atoms with E-state index in [0.29, 0.717) is 5.92 Å². The summed E-state index contributed by atoms with van der Waals surface area (Å²) in [6.45, 7) is 4.06. The Morgan fingerprint density at radius 2 is 1.41 bits per heavy atom. The van der Waals surface area contributed by atoms with Crippen molar-refractivity contribution in [3.05, 3.63) is 96.3 Å². The third kappa shape index (κ3) is 10.8. The number of carboxylic acids is 2. The molecule has 3 fully saturated rings. The van der Waals surface area contributed by atoms with E-state index < -0.39 is 30.3 Å². The average molecular weight is 656 g/mol. The summed E-state index contributed by atoms with van der Waals surface area (Å²) in [5.74, 6) is -5.51. The van der Waals surface area contributed by atoms with Crippen LogP contribution in [0.4, 0.5) is 32.0 Å². The summed E-state index contributed by atoms with van der Waals surface area (Å²) in [7, 11) is 0. The number of hydrogen-bond donors (Lipinski definition) is 2. The lowest BCUT2D eigenvalue weighted by atomic mass is 9.83. The van der Waals surface area contributed by atoms with Gasteiger partial charge in [-0.3, -0.25) is 4.98 Å². The first-order valence-corrected chi connectivity index (χ1v) is 14.0. The van der Waals surface area contributed by atoms with Gasteiger partial charge in [0.1, 0.15) is 19.1 Å². The lowest BCUT2D eigenvalue weighted by Crippen LogP contribution is -2.64. The SMILES string of the molecule is O=C(O)C(F)(F)F.O=C(O[C@H]1C[N+]2(Cc3ccccn3)CCC1CC2)[C@H](Nc1ccccc1)c1ccccc1.O=C([O-])C(F)(F)F. The van der Waals surface area contributed by atoms with Gasteiger partial charge in [0.2, 0.25) is 0 Å². The summed E-state index contributed by atoms with van der Waals surface area (Å²) in [5.41, 5.74) is 2.94. The molecular weight excluding hydrogens is 624 g/mol. The molecule has 2 bridgehead atoms. The lowest BCUT2D eigenvalue weighted by Gasteiger charge is -2.52. The van der Waals surface area contributed by atoms with Crippen molar-refractivity contribution in [1.29, 1.82) is 0 Å². The van der Waals surface area contributed by atoms with Gasteiger partial charge < -0.3 is 29.5 Å². The van der Waals surface area contributed by atoms with Crippen molar-refractivity contribution >= 4 is 23.6 Å². The van der Waals surface area contributed by atoms with Crippen molar-refractivity contribution in [2.45, 2.75) is 43.9 Å². The smallest absolute Gasteiger partial charge is 0.490 e. The second-order valence-electron chi connectivity index (χ2n) is 10.7. The highest BCUT2D eigenvalue weighted by Crippen LogP contribution is 2.37. The monoisotopic (exact) mass is 655 g/mol. The van der Waals surface area contributed by atoms with Crippen LogP contribution in [0.15, 0.2) is 85.1 Å². The van der Waals surface area contributed by atoms with E-state index in [4.69, 9.17) is 24.5 Å². The molecule has 46 heavy (non-hydrogen) atoms. The molecule has 2 atom stereocenters. The van der Waals surface area contributed by atoms with Gasteiger partial charge >= 0.3 is 24.3 Å². The van der Waals surface area contributed by atoms with E-state index in [1.165, 1.54) is 0 Å². The topological polar surface area (TPSA) is 129 Å². The number of carboxylic acid groups (broad SMARTS) is 2. The average Bonchev–Trinajstić information content (AvgIpc) is 3.01. The summed E-state index contributed by atoms with van der Waals surface area (Å²) < 4.78 is 70.5. The standard InChI is InChI=1S/C27H30N3O2.2C2HF3O2/c31-27(26(22-9-3-1-4-10-22)29-23-11-5-2-6-12-23)32-25-20-30(17-14-21(25)15-18-30)19-24-13-7-8-16-28-24;2*3-2(4,5)1(6)7/h1-13,16,21,25-26,29H,14-15,17-20H2;2*(H,6,7)/q+1;;/p-1/t21?,25-,26+,30?;;/m0../s1. The van der Waals surface area contributed by atoms with Gasteiger partial charge in [0, 0.05) is 30.6 Å². The molecule has 15 heteroatoms. The van der Waals surface area contributed by atoms with E-state index in [9.17, 15) is 31.1 Å². The van der Waals surface area contributed by atoms with Crippen LogP contribution in [0.2, 0.25) is 0 Å². The molecule has 2 N–H and O–H groups in total. The van der Waals surface area contributed by atoms with Gasteiger partial charge in [-0.1, -0.05) is 54.6 Å². The first kappa shape index (κ1) is 35.8. The zero-order chi connectivity index (χ0) is 34.0. The molecule has 0 aliphatic carbocycles. The van der Waals surface area contributed by atoms with E-state index in [2.05, 4.69) is 22.4 Å². The number of ether oxygens (including phenoxy) is 1. The number of esters is 1. The zero-order valence-corrected chi connectivity index (χ0v) is 24.2. The Bertz CT molecular complexity index is 1390. The fourth-order valence-corrected chi connectivity index (χ4v) is 5.25. The van der Waals surface area contributed by atoms with Crippen molar-refractivity contribution in [2.24, 2.45) is 5.92 Å². The Balaban J connectivity index is 0.000000345. The summed E-state index contributed by atoms with van der Waals surface area (Å²) >= 11 is 0. The Kier molecular flexibility index (Phi) is 12.1. The quantitative estimate of drug-likeness (QED) is 0.216. The molecule has 1 aromatic heterocycles. The second-order valence-corrected chi connectivity index (χ2v) is 10.7. The molecular formula is C31H31F6N3O6. The Morgan fingerprint density at radius 3 is 1.89 bits per heavy atom. The molecule has 3 aliphatic heterocycles. The maximum atomic E-state index is 13.5. The zero-order valence-electron chi connectivity index (χ0n) is 24.2. The van der Waals surface area contributed by atoms with Crippen LogP contribution in [-0.4, -0.2) is 70.6 Å². The van der Waals surface area contributed by atoms with Gasteiger partial charge in [-0.2, -0.15) is 26.3 Å². The van der Waals surface area contributed by atoms with Gasteiger partial charge in [0.25, 0.3) is 0 Å². The van der Waals surface area contributed by atoms with Crippen LogP contribution in [0.5, 0.6) is 0 Å². The number of alkyl halides is 6. The minimum atomic E-state index is -5.19. The number of aromatic nitrogens is 1. The van der Waals surface area contributed by atoms with Crippen LogP contribution >= 0.6 is 0 Å². The van der Waals surface area contributed by atoms with Crippen LogP contribution in [-0.2, 0) is 25.7 Å². The van der Waals surface area contributed by atoms with Gasteiger partial charge in [-0.25, -0.2) is 9.59 Å². The number of hydrogen-bond acceptors (Lipinski definition) is 7. The Labute approximate surface area is 260 Å². The number of halogens is 6. The fourth-order valence-electron chi connectivity index (χ4n) is 5.25. The van der Waals surface area contributed by atoms with Gasteiger partial charge in [-0.15, -0.1) is 0 Å². The minimum absolute atomic E-state index is 0.0440. The van der Waals surface area contributed by atoms with E-state index >= 15 is 0 Å². The van der Waals surface area contributed by atoms with Crippen molar-refractivity contribution in [3.8, 4) is 0 Å². The lowest BCUT2D eigenvalue weighted by molar-refractivity contribution is -0.958.